The van der Waals surface area contributed by atoms with Gasteiger partial charge in [0.15, 0.2) is 23.3 Å². The molecule has 0 N–H and O–H groups in total. The normalized spacial score (nSPS) is 12.2. The molecule has 0 aromatic heterocycles. The molecule has 2 aromatic rings. The second-order valence-electron chi connectivity index (χ2n) is 4.68. The van der Waals surface area contributed by atoms with Crippen molar-refractivity contribution < 1.29 is 30.4 Å². The zero-order chi connectivity index (χ0) is 19.8. The third-order valence-corrected chi connectivity index (χ3v) is 5.48. The van der Waals surface area contributed by atoms with Gasteiger partial charge in [-0.25, -0.2) is 30.4 Å². The molecule has 0 aliphatic heterocycles. The lowest BCUT2D eigenvalue weighted by atomic mass is 10.1. The minimum absolute atomic E-state index is 0.0306. The lowest BCUT2D eigenvalue weighted by molar-refractivity contribution is 0.377. The van der Waals surface area contributed by atoms with E-state index in [1.807, 2.05) is 0 Å². The van der Waals surface area contributed by atoms with Crippen molar-refractivity contribution >= 4 is 39.1 Å². The van der Waals surface area contributed by atoms with Crippen LogP contribution in [0.3, 0.4) is 0 Å². The molecule has 3 nitrogen and oxygen atoms in total. The quantitative estimate of drug-likeness (QED) is 0.298. The van der Waals surface area contributed by atoms with Crippen molar-refractivity contribution in [2.24, 2.45) is 0 Å². The summed E-state index contributed by atoms with van der Waals surface area (Å²) in [5.74, 6) is -11.6. The molecule has 0 saturated carbocycles. The smallest absolute Gasteiger partial charge is 0.218 e. The fourth-order valence-electron chi connectivity index (χ4n) is 1.85. The maximum atomic E-state index is 13.7. The van der Waals surface area contributed by atoms with Gasteiger partial charge in [0.25, 0.3) is 0 Å². The summed E-state index contributed by atoms with van der Waals surface area (Å²) >= 11 is 11.4. The highest BCUT2D eigenvalue weighted by Crippen LogP contribution is 2.32. The Bertz CT molecular complexity index is 1070. The lowest BCUT2D eigenvalue weighted by Gasteiger charge is -2.08. The molecule has 26 heavy (non-hydrogen) atoms. The first kappa shape index (κ1) is 20.2. The largest absolute Gasteiger partial charge is 0.218 e. The van der Waals surface area contributed by atoms with Crippen LogP contribution in [0.5, 0.6) is 0 Å². The Morgan fingerprint density at radius 2 is 1.46 bits per heavy atom. The molecule has 0 aliphatic carbocycles. The summed E-state index contributed by atoms with van der Waals surface area (Å²) in [6, 6.07) is 4.33. The van der Waals surface area contributed by atoms with E-state index in [1.165, 1.54) is 6.07 Å². The van der Waals surface area contributed by atoms with Crippen LogP contribution in [0.4, 0.5) is 22.0 Å². The first-order valence-electron chi connectivity index (χ1n) is 6.35. The van der Waals surface area contributed by atoms with Gasteiger partial charge in [-0.05, 0) is 24.3 Å². The SMILES string of the molecule is N#C/C(=C\c1c(F)c(F)c(F)c(F)c1F)S(=O)(=O)c1cc(Cl)ccc1Cl. The zero-order valence-corrected chi connectivity index (χ0v) is 14.5. The first-order valence-corrected chi connectivity index (χ1v) is 8.59. The average Bonchev–Trinajstić information content (AvgIpc) is 2.60. The van der Waals surface area contributed by atoms with Crippen LogP contribution in [0, 0.1) is 40.4 Å². The molecule has 0 radical (unpaired) electrons. The molecule has 0 aliphatic rings. The van der Waals surface area contributed by atoms with E-state index in [1.54, 1.807) is 0 Å². The number of hydrogen-bond acceptors (Lipinski definition) is 3. The standard InChI is InChI=1S/C15H4Cl2F5NO2S/c16-6-1-2-9(17)10(3-6)26(24,25)7(5-23)4-8-11(18)13(20)15(22)14(21)12(8)19/h1-4H/b7-4+. The molecule has 0 heterocycles. The average molecular weight is 428 g/mol. The number of benzene rings is 2. The van der Waals surface area contributed by atoms with E-state index in [2.05, 4.69) is 0 Å². The van der Waals surface area contributed by atoms with Gasteiger partial charge in [0, 0.05) is 5.02 Å². The zero-order valence-electron chi connectivity index (χ0n) is 12.1. The number of nitrogens with zero attached hydrogens (tertiary/aromatic N) is 1. The molecule has 0 bridgehead atoms. The second kappa shape index (κ2) is 7.23. The molecule has 0 atom stereocenters. The van der Waals surface area contributed by atoms with Crippen molar-refractivity contribution in [1.29, 1.82) is 5.26 Å². The summed E-state index contributed by atoms with van der Waals surface area (Å²) < 4.78 is 91.9. The van der Waals surface area contributed by atoms with Crippen LogP contribution in [0.1, 0.15) is 5.56 Å². The molecule has 2 rings (SSSR count). The molecule has 0 spiro atoms. The fraction of sp³-hybridized carbons (Fsp3) is 0. The van der Waals surface area contributed by atoms with Crippen molar-refractivity contribution in [2.75, 3.05) is 0 Å². The number of rotatable bonds is 3. The fourth-order valence-corrected chi connectivity index (χ4v) is 3.75. The van der Waals surface area contributed by atoms with Crippen LogP contribution in [-0.4, -0.2) is 8.42 Å². The van der Waals surface area contributed by atoms with Gasteiger partial charge < -0.3 is 0 Å². The number of hydrogen-bond donors (Lipinski definition) is 0. The van der Waals surface area contributed by atoms with Crippen molar-refractivity contribution in [3.8, 4) is 6.07 Å². The van der Waals surface area contributed by atoms with Crippen LogP contribution in [-0.2, 0) is 9.84 Å². The Morgan fingerprint density at radius 3 is 1.96 bits per heavy atom. The summed E-state index contributed by atoms with van der Waals surface area (Å²) in [7, 11) is -4.76. The molecule has 0 fully saturated rings. The van der Waals surface area contributed by atoms with Gasteiger partial charge in [0.2, 0.25) is 15.7 Å². The van der Waals surface area contributed by atoms with Gasteiger partial charge in [0.1, 0.15) is 11.0 Å². The van der Waals surface area contributed by atoms with Gasteiger partial charge in [-0.3, -0.25) is 0 Å². The van der Waals surface area contributed by atoms with Crippen LogP contribution < -0.4 is 0 Å². The van der Waals surface area contributed by atoms with Crippen molar-refractivity contribution in [2.45, 2.75) is 4.90 Å². The Hall–Kier alpha value is -2.15. The minimum atomic E-state index is -4.76. The third kappa shape index (κ3) is 3.40. The van der Waals surface area contributed by atoms with Crippen LogP contribution >= 0.6 is 23.2 Å². The molecular formula is C15H4Cl2F5NO2S. The Labute approximate surface area is 153 Å². The molecular weight excluding hydrogens is 424 g/mol. The number of nitriles is 1. The third-order valence-electron chi connectivity index (χ3n) is 3.10. The molecule has 0 amide bonds. The van der Waals surface area contributed by atoms with Crippen molar-refractivity contribution in [1.82, 2.24) is 0 Å². The van der Waals surface area contributed by atoms with E-state index in [9.17, 15) is 30.4 Å². The van der Waals surface area contributed by atoms with Gasteiger partial charge >= 0.3 is 0 Å². The van der Waals surface area contributed by atoms with Crippen molar-refractivity contribution in [3.63, 3.8) is 0 Å². The predicted molar refractivity (Wildman–Crippen MR) is 83.5 cm³/mol. The van der Waals surface area contributed by atoms with Gasteiger partial charge in [-0.2, -0.15) is 5.26 Å². The number of halogens is 7. The Morgan fingerprint density at radius 1 is 0.962 bits per heavy atom. The summed E-state index contributed by atoms with van der Waals surface area (Å²) in [5.41, 5.74) is -1.58. The van der Waals surface area contributed by atoms with E-state index in [0.29, 0.717) is 0 Å². The Kier molecular flexibility index (Phi) is 5.61. The molecule has 11 heteroatoms. The summed E-state index contributed by atoms with van der Waals surface area (Å²) in [6.07, 6.45) is 0.0306. The number of allylic oxidation sites excluding steroid dienone is 1. The maximum Gasteiger partial charge on any atom is 0.218 e. The van der Waals surface area contributed by atoms with Gasteiger partial charge in [-0.15, -0.1) is 0 Å². The summed E-state index contributed by atoms with van der Waals surface area (Å²) in [6.45, 7) is 0. The molecule has 2 aromatic carbocycles. The molecule has 136 valence electrons. The molecule has 0 saturated heterocycles. The Balaban J connectivity index is 2.78. The lowest BCUT2D eigenvalue weighted by Crippen LogP contribution is -2.08. The van der Waals surface area contributed by atoms with Crippen LogP contribution in [0.2, 0.25) is 10.0 Å². The van der Waals surface area contributed by atoms with E-state index < -0.39 is 54.3 Å². The second-order valence-corrected chi connectivity index (χ2v) is 7.41. The van der Waals surface area contributed by atoms with Gasteiger partial charge in [0.05, 0.1) is 15.5 Å². The summed E-state index contributed by atoms with van der Waals surface area (Å²) in [5, 5.41) is 8.59. The van der Waals surface area contributed by atoms with Crippen molar-refractivity contribution in [3.05, 3.63) is 67.8 Å². The predicted octanol–water partition coefficient (Wildman–Crippen LogP) is 5.03. The first-order chi connectivity index (χ1) is 12.0. The number of sulfone groups is 1. The monoisotopic (exact) mass is 427 g/mol. The minimum Gasteiger partial charge on any atom is -0.218 e. The summed E-state index contributed by atoms with van der Waals surface area (Å²) in [4.78, 5) is -1.98. The van der Waals surface area contributed by atoms with E-state index in [0.717, 1.165) is 18.2 Å². The highest BCUT2D eigenvalue weighted by molar-refractivity contribution is 7.95. The van der Waals surface area contributed by atoms with Gasteiger partial charge in [-0.1, -0.05) is 23.2 Å². The van der Waals surface area contributed by atoms with E-state index in [-0.39, 0.29) is 16.1 Å². The van der Waals surface area contributed by atoms with Crippen LogP contribution in [0.15, 0.2) is 28.0 Å². The topological polar surface area (TPSA) is 57.9 Å². The maximum absolute atomic E-state index is 13.7. The molecule has 0 unspecified atom stereocenters. The highest BCUT2D eigenvalue weighted by atomic mass is 35.5. The van der Waals surface area contributed by atoms with E-state index in [4.69, 9.17) is 28.5 Å². The van der Waals surface area contributed by atoms with E-state index >= 15 is 0 Å². The van der Waals surface area contributed by atoms with Crippen LogP contribution in [0.25, 0.3) is 6.08 Å². The highest BCUT2D eigenvalue weighted by Gasteiger charge is 2.29.